The molecular weight excluding hydrogens is 462 g/mol. The average molecular weight is 486 g/mol. The summed E-state index contributed by atoms with van der Waals surface area (Å²) in [7, 11) is 0. The molecule has 2 nitrogen and oxygen atoms in total. The van der Waals surface area contributed by atoms with Gasteiger partial charge in [0.05, 0.1) is 5.69 Å². The number of nitrogens with zero attached hydrogens (tertiary/aromatic N) is 1. The summed E-state index contributed by atoms with van der Waals surface area (Å²) in [5, 5.41) is 9.45. The Balaban J connectivity index is 1.43. The van der Waals surface area contributed by atoms with Crippen LogP contribution in [0.5, 0.6) is 0 Å². The van der Waals surface area contributed by atoms with Gasteiger partial charge in [0, 0.05) is 32.9 Å². The molecule has 38 heavy (non-hydrogen) atoms. The molecule has 0 fully saturated rings. The fraction of sp³-hybridized carbons (Fsp3) is 0. The van der Waals surface area contributed by atoms with E-state index in [0.717, 1.165) is 49.8 Å². The predicted octanol–water partition coefficient (Wildman–Crippen LogP) is 10.5. The van der Waals surface area contributed by atoms with Crippen molar-refractivity contribution in [2.45, 2.75) is 0 Å². The molecule has 0 aliphatic rings. The number of rotatable bonds is 3. The van der Waals surface area contributed by atoms with Crippen molar-refractivity contribution in [2.24, 2.45) is 0 Å². The third-order valence-corrected chi connectivity index (χ3v) is 7.60. The summed E-state index contributed by atoms with van der Waals surface area (Å²) >= 11 is 0. The van der Waals surface area contributed by atoms with Crippen molar-refractivity contribution in [1.29, 1.82) is 0 Å². The summed E-state index contributed by atoms with van der Waals surface area (Å²) in [5.41, 5.74) is 5.21. The van der Waals surface area contributed by atoms with E-state index in [0.29, 0.717) is 0 Å². The van der Waals surface area contributed by atoms with Crippen LogP contribution in [0.15, 0.2) is 144 Å². The lowest BCUT2D eigenvalue weighted by Crippen LogP contribution is -2.10. The molecule has 0 unspecified atom stereocenters. The maximum atomic E-state index is 6.42. The van der Waals surface area contributed by atoms with E-state index in [9.17, 15) is 0 Å². The van der Waals surface area contributed by atoms with Crippen LogP contribution in [0.2, 0.25) is 0 Å². The van der Waals surface area contributed by atoms with Crippen molar-refractivity contribution < 1.29 is 4.42 Å². The molecular formula is C36H23NO. The Morgan fingerprint density at radius 3 is 1.92 bits per heavy atom. The van der Waals surface area contributed by atoms with E-state index in [-0.39, 0.29) is 0 Å². The lowest BCUT2D eigenvalue weighted by atomic mass is 10.0. The molecule has 0 aliphatic heterocycles. The first-order valence-electron chi connectivity index (χ1n) is 12.9. The van der Waals surface area contributed by atoms with Crippen molar-refractivity contribution in [1.82, 2.24) is 0 Å². The average Bonchev–Trinajstić information content (AvgIpc) is 3.37. The number of benzene rings is 7. The molecule has 8 rings (SSSR count). The number of fused-ring (bicyclic) bond motifs is 7. The van der Waals surface area contributed by atoms with Gasteiger partial charge < -0.3 is 9.32 Å². The number of anilines is 3. The molecule has 2 heteroatoms. The molecule has 0 N–H and O–H groups in total. The summed E-state index contributed by atoms with van der Waals surface area (Å²) in [5.74, 6) is 0. The van der Waals surface area contributed by atoms with Crippen LogP contribution in [0.1, 0.15) is 0 Å². The van der Waals surface area contributed by atoms with E-state index in [1.807, 2.05) is 12.1 Å². The van der Waals surface area contributed by atoms with Gasteiger partial charge in [0.2, 0.25) is 0 Å². The van der Waals surface area contributed by atoms with Crippen LogP contribution in [0.25, 0.3) is 54.3 Å². The van der Waals surface area contributed by atoms with E-state index in [1.165, 1.54) is 21.5 Å². The van der Waals surface area contributed by atoms with Crippen LogP contribution in [-0.2, 0) is 0 Å². The number of furan rings is 1. The van der Waals surface area contributed by atoms with E-state index in [2.05, 4.69) is 132 Å². The topological polar surface area (TPSA) is 16.4 Å². The smallest absolute Gasteiger partial charge is 0.143 e. The van der Waals surface area contributed by atoms with Crippen molar-refractivity contribution in [2.75, 3.05) is 4.90 Å². The van der Waals surface area contributed by atoms with Crippen LogP contribution in [0.3, 0.4) is 0 Å². The minimum Gasteiger partial charge on any atom is -0.455 e. The van der Waals surface area contributed by atoms with Crippen LogP contribution in [-0.4, -0.2) is 0 Å². The molecule has 0 radical (unpaired) electrons. The second-order valence-electron chi connectivity index (χ2n) is 9.81. The minimum atomic E-state index is 0.917. The zero-order chi connectivity index (χ0) is 25.1. The summed E-state index contributed by atoms with van der Waals surface area (Å²) in [6.45, 7) is 0. The Kier molecular flexibility index (Phi) is 4.55. The second-order valence-corrected chi connectivity index (χ2v) is 9.81. The van der Waals surface area contributed by atoms with Crippen LogP contribution in [0, 0.1) is 0 Å². The SMILES string of the molecule is c1ccc2cc(N(c3ccc4ccc5c6ccccc6oc5c4c3)c3cccc4ccccc34)ccc2c1. The highest BCUT2D eigenvalue weighted by Crippen LogP contribution is 2.42. The van der Waals surface area contributed by atoms with Gasteiger partial charge in [-0.1, -0.05) is 97.1 Å². The molecule has 0 saturated heterocycles. The zero-order valence-corrected chi connectivity index (χ0v) is 20.6. The molecule has 0 atom stereocenters. The summed E-state index contributed by atoms with van der Waals surface area (Å²) < 4.78 is 6.42. The number of hydrogen-bond donors (Lipinski definition) is 0. The van der Waals surface area contributed by atoms with Crippen LogP contribution < -0.4 is 4.90 Å². The van der Waals surface area contributed by atoms with Gasteiger partial charge in [-0.05, 0) is 64.0 Å². The van der Waals surface area contributed by atoms with Gasteiger partial charge in [-0.3, -0.25) is 0 Å². The van der Waals surface area contributed by atoms with E-state index in [4.69, 9.17) is 4.42 Å². The summed E-state index contributed by atoms with van der Waals surface area (Å²) in [6.07, 6.45) is 0. The highest BCUT2D eigenvalue weighted by Gasteiger charge is 2.18. The third kappa shape index (κ3) is 3.21. The quantitative estimate of drug-likeness (QED) is 0.247. The predicted molar refractivity (Wildman–Crippen MR) is 161 cm³/mol. The van der Waals surface area contributed by atoms with Crippen molar-refractivity contribution in [3.05, 3.63) is 140 Å². The molecule has 7 aromatic carbocycles. The normalized spacial score (nSPS) is 11.7. The largest absolute Gasteiger partial charge is 0.455 e. The Hall–Kier alpha value is -5.08. The minimum absolute atomic E-state index is 0.917. The molecule has 178 valence electrons. The van der Waals surface area contributed by atoms with Crippen molar-refractivity contribution >= 4 is 71.3 Å². The van der Waals surface area contributed by atoms with Crippen molar-refractivity contribution in [3.63, 3.8) is 0 Å². The number of hydrogen-bond acceptors (Lipinski definition) is 2. The molecule has 0 amide bonds. The lowest BCUT2D eigenvalue weighted by molar-refractivity contribution is 0.672. The first-order chi connectivity index (χ1) is 18.8. The molecule has 0 spiro atoms. The second kappa shape index (κ2) is 8.22. The summed E-state index contributed by atoms with van der Waals surface area (Å²) in [4.78, 5) is 2.37. The molecule has 0 saturated carbocycles. The lowest BCUT2D eigenvalue weighted by Gasteiger charge is -2.27. The molecule has 1 heterocycles. The van der Waals surface area contributed by atoms with Gasteiger partial charge in [-0.25, -0.2) is 0 Å². The summed E-state index contributed by atoms with van der Waals surface area (Å²) in [6, 6.07) is 49.7. The number of para-hydroxylation sites is 1. The van der Waals surface area contributed by atoms with Crippen LogP contribution >= 0.6 is 0 Å². The van der Waals surface area contributed by atoms with Gasteiger partial charge in [-0.15, -0.1) is 0 Å². The van der Waals surface area contributed by atoms with E-state index >= 15 is 0 Å². The Labute approximate surface area is 220 Å². The molecule has 0 bridgehead atoms. The Bertz CT molecular complexity index is 2150. The van der Waals surface area contributed by atoms with E-state index in [1.54, 1.807) is 0 Å². The Morgan fingerprint density at radius 2 is 1.03 bits per heavy atom. The van der Waals surface area contributed by atoms with E-state index < -0.39 is 0 Å². The maximum absolute atomic E-state index is 6.42. The fourth-order valence-electron chi connectivity index (χ4n) is 5.78. The monoisotopic (exact) mass is 485 g/mol. The molecule has 8 aromatic rings. The van der Waals surface area contributed by atoms with Gasteiger partial charge in [-0.2, -0.15) is 0 Å². The zero-order valence-electron chi connectivity index (χ0n) is 20.6. The third-order valence-electron chi connectivity index (χ3n) is 7.60. The van der Waals surface area contributed by atoms with Gasteiger partial charge in [0.15, 0.2) is 0 Å². The van der Waals surface area contributed by atoms with Crippen LogP contribution in [0.4, 0.5) is 17.1 Å². The van der Waals surface area contributed by atoms with Gasteiger partial charge in [0.1, 0.15) is 11.2 Å². The standard InChI is InChI=1S/C36H23NO/c1-2-10-27-22-28(19-16-24(27)8-1)37(34-14-7-11-25-9-3-4-12-30(25)34)29-20-17-26-18-21-32-31-13-5-6-15-35(31)38-36(32)33(26)23-29/h1-23H. The van der Waals surface area contributed by atoms with Gasteiger partial charge in [0.25, 0.3) is 0 Å². The first kappa shape index (κ1) is 21.0. The maximum Gasteiger partial charge on any atom is 0.143 e. The highest BCUT2D eigenvalue weighted by atomic mass is 16.3. The first-order valence-corrected chi connectivity index (χ1v) is 12.9. The fourth-order valence-corrected chi connectivity index (χ4v) is 5.78. The molecule has 0 aliphatic carbocycles. The molecule has 1 aromatic heterocycles. The van der Waals surface area contributed by atoms with Crippen molar-refractivity contribution in [3.8, 4) is 0 Å². The Morgan fingerprint density at radius 1 is 0.395 bits per heavy atom. The highest BCUT2D eigenvalue weighted by molar-refractivity contribution is 6.16. The van der Waals surface area contributed by atoms with Gasteiger partial charge >= 0.3 is 0 Å².